The van der Waals surface area contributed by atoms with Crippen LogP contribution in [-0.2, 0) is 20.9 Å². The number of likely N-dealkylation sites (tertiary alicyclic amines) is 1. The molecule has 1 N–H and O–H groups in total. The Bertz CT molecular complexity index is 767. The third-order valence-corrected chi connectivity index (χ3v) is 6.88. The molecule has 0 unspecified atom stereocenters. The van der Waals surface area contributed by atoms with E-state index in [0.717, 1.165) is 50.3 Å². The first-order chi connectivity index (χ1) is 14.0. The zero-order valence-electron chi connectivity index (χ0n) is 16.7. The van der Waals surface area contributed by atoms with Crippen LogP contribution in [-0.4, -0.2) is 60.2 Å². The summed E-state index contributed by atoms with van der Waals surface area (Å²) < 4.78 is 0. The normalized spacial score (nSPS) is 25.4. The fourth-order valence-electron chi connectivity index (χ4n) is 5.00. The first-order valence-electron chi connectivity index (χ1n) is 10.7. The largest absolute Gasteiger partial charge is 0.331 e. The quantitative estimate of drug-likeness (QED) is 0.729. The van der Waals surface area contributed by atoms with Gasteiger partial charge in [-0.15, -0.1) is 0 Å². The molecule has 1 saturated carbocycles. The van der Waals surface area contributed by atoms with Gasteiger partial charge in [-0.2, -0.15) is 0 Å². The molecule has 4 rings (SSSR count). The maximum Gasteiger partial charge on any atom is 0.233 e. The minimum Gasteiger partial charge on any atom is -0.331 e. The molecule has 29 heavy (non-hydrogen) atoms. The SMILES string of the molecule is O=C(CCN1C(=O)[C@H]2CCCC[C@H]2C1=O)N1CC[NH+](Cc2cccc(Cl)c2)CC1. The summed E-state index contributed by atoms with van der Waals surface area (Å²) in [7, 11) is 0. The van der Waals surface area contributed by atoms with Crippen molar-refractivity contribution in [3.8, 4) is 0 Å². The number of halogens is 1. The first-order valence-corrected chi connectivity index (χ1v) is 11.1. The topological polar surface area (TPSA) is 62.1 Å². The molecular weight excluding hydrogens is 390 g/mol. The van der Waals surface area contributed by atoms with Crippen LogP contribution in [0.2, 0.25) is 5.02 Å². The van der Waals surface area contributed by atoms with E-state index in [-0.39, 0.29) is 42.5 Å². The molecular formula is C22H29ClN3O3+. The second-order valence-corrected chi connectivity index (χ2v) is 8.95. The van der Waals surface area contributed by atoms with Gasteiger partial charge in [-0.05, 0) is 25.0 Å². The molecule has 2 saturated heterocycles. The van der Waals surface area contributed by atoms with E-state index in [4.69, 9.17) is 11.6 Å². The molecule has 6 nitrogen and oxygen atoms in total. The van der Waals surface area contributed by atoms with Crippen LogP contribution < -0.4 is 4.90 Å². The van der Waals surface area contributed by atoms with Gasteiger partial charge in [0, 0.05) is 23.6 Å². The van der Waals surface area contributed by atoms with Crippen molar-refractivity contribution in [2.75, 3.05) is 32.7 Å². The number of piperazine rings is 1. The molecule has 0 bridgehead atoms. The van der Waals surface area contributed by atoms with Crippen LogP contribution in [0.4, 0.5) is 0 Å². The predicted octanol–water partition coefficient (Wildman–Crippen LogP) is 1.13. The van der Waals surface area contributed by atoms with Crippen LogP contribution in [0.3, 0.4) is 0 Å². The Labute approximate surface area is 176 Å². The van der Waals surface area contributed by atoms with Gasteiger partial charge in [0.15, 0.2) is 0 Å². The molecule has 2 heterocycles. The van der Waals surface area contributed by atoms with E-state index in [1.54, 1.807) is 0 Å². The number of carbonyl (C=O) groups is 3. The molecule has 156 valence electrons. The van der Waals surface area contributed by atoms with Gasteiger partial charge in [0.05, 0.1) is 38.0 Å². The van der Waals surface area contributed by atoms with Crippen molar-refractivity contribution < 1.29 is 19.3 Å². The van der Waals surface area contributed by atoms with Gasteiger partial charge in [-0.1, -0.05) is 36.6 Å². The molecule has 0 spiro atoms. The minimum absolute atomic E-state index is 0.0438. The Balaban J connectivity index is 1.24. The lowest BCUT2D eigenvalue weighted by molar-refractivity contribution is -0.917. The summed E-state index contributed by atoms with van der Waals surface area (Å²) in [6.07, 6.45) is 3.91. The predicted molar refractivity (Wildman–Crippen MR) is 109 cm³/mol. The summed E-state index contributed by atoms with van der Waals surface area (Å²) in [5, 5.41) is 0.751. The number of carbonyl (C=O) groups excluding carboxylic acids is 3. The number of hydrogen-bond donors (Lipinski definition) is 1. The summed E-state index contributed by atoms with van der Waals surface area (Å²) in [6, 6.07) is 7.92. The summed E-state index contributed by atoms with van der Waals surface area (Å²) in [6.45, 7) is 4.35. The number of nitrogens with one attached hydrogen (secondary N) is 1. The fourth-order valence-corrected chi connectivity index (χ4v) is 5.21. The number of benzene rings is 1. The lowest BCUT2D eigenvalue weighted by Gasteiger charge is -2.32. The Hall–Kier alpha value is -1.92. The van der Waals surface area contributed by atoms with Crippen LogP contribution in [0.1, 0.15) is 37.7 Å². The van der Waals surface area contributed by atoms with Gasteiger partial charge in [0.2, 0.25) is 17.7 Å². The third-order valence-electron chi connectivity index (χ3n) is 6.65. The molecule has 3 fully saturated rings. The van der Waals surface area contributed by atoms with E-state index in [0.29, 0.717) is 13.1 Å². The van der Waals surface area contributed by atoms with Crippen molar-refractivity contribution in [2.45, 2.75) is 38.6 Å². The Morgan fingerprint density at radius 2 is 1.72 bits per heavy atom. The number of amides is 3. The molecule has 0 radical (unpaired) electrons. The van der Waals surface area contributed by atoms with Gasteiger partial charge < -0.3 is 9.80 Å². The summed E-state index contributed by atoms with van der Waals surface area (Å²) >= 11 is 6.06. The summed E-state index contributed by atoms with van der Waals surface area (Å²) in [5.41, 5.74) is 1.21. The number of imide groups is 1. The number of fused-ring (bicyclic) bond motifs is 1. The molecule has 1 aromatic rings. The third kappa shape index (κ3) is 4.48. The standard InChI is InChI=1S/C22H28ClN3O3/c23-17-5-3-4-16(14-17)15-24-10-12-25(13-11-24)20(27)8-9-26-21(28)18-6-1-2-7-19(18)22(26)29/h3-5,14,18-19H,1-2,6-13,15H2/p+1/t18-,19+. The Kier molecular flexibility index (Phi) is 6.20. The summed E-state index contributed by atoms with van der Waals surface area (Å²) in [4.78, 5) is 42.4. The van der Waals surface area contributed by atoms with Gasteiger partial charge >= 0.3 is 0 Å². The van der Waals surface area contributed by atoms with Crippen molar-refractivity contribution in [1.29, 1.82) is 0 Å². The highest BCUT2D eigenvalue weighted by molar-refractivity contribution is 6.30. The summed E-state index contributed by atoms with van der Waals surface area (Å²) in [5.74, 6) is -0.330. The first kappa shape index (κ1) is 20.4. The lowest BCUT2D eigenvalue weighted by atomic mass is 9.81. The Morgan fingerprint density at radius 3 is 2.34 bits per heavy atom. The molecule has 0 aromatic heterocycles. The molecule has 7 heteroatoms. The van der Waals surface area contributed by atoms with Crippen LogP contribution in [0.5, 0.6) is 0 Å². The van der Waals surface area contributed by atoms with E-state index in [1.165, 1.54) is 15.4 Å². The highest BCUT2D eigenvalue weighted by Crippen LogP contribution is 2.37. The Morgan fingerprint density at radius 1 is 1.07 bits per heavy atom. The van der Waals surface area contributed by atoms with Crippen molar-refractivity contribution in [1.82, 2.24) is 9.80 Å². The monoisotopic (exact) mass is 418 g/mol. The average molecular weight is 419 g/mol. The van der Waals surface area contributed by atoms with E-state index in [2.05, 4.69) is 6.07 Å². The van der Waals surface area contributed by atoms with Crippen molar-refractivity contribution in [2.24, 2.45) is 11.8 Å². The number of hydrogen-bond acceptors (Lipinski definition) is 3. The molecule has 3 aliphatic rings. The zero-order chi connectivity index (χ0) is 20.4. The van der Waals surface area contributed by atoms with E-state index in [1.807, 2.05) is 23.1 Å². The van der Waals surface area contributed by atoms with Crippen LogP contribution in [0.15, 0.2) is 24.3 Å². The molecule has 1 aliphatic carbocycles. The van der Waals surface area contributed by atoms with Crippen LogP contribution >= 0.6 is 11.6 Å². The number of rotatable bonds is 5. The highest BCUT2D eigenvalue weighted by Gasteiger charge is 2.47. The van der Waals surface area contributed by atoms with Crippen molar-refractivity contribution >= 4 is 29.3 Å². The molecule has 2 atom stereocenters. The lowest BCUT2D eigenvalue weighted by Crippen LogP contribution is -3.13. The van der Waals surface area contributed by atoms with Gasteiger partial charge in [0.25, 0.3) is 0 Å². The van der Waals surface area contributed by atoms with Crippen molar-refractivity contribution in [3.63, 3.8) is 0 Å². The van der Waals surface area contributed by atoms with Crippen LogP contribution in [0, 0.1) is 11.8 Å². The fraction of sp³-hybridized carbons (Fsp3) is 0.591. The highest BCUT2D eigenvalue weighted by atomic mass is 35.5. The van der Waals surface area contributed by atoms with E-state index in [9.17, 15) is 14.4 Å². The minimum atomic E-state index is -0.134. The molecule has 2 aliphatic heterocycles. The second kappa shape index (κ2) is 8.84. The zero-order valence-corrected chi connectivity index (χ0v) is 17.5. The van der Waals surface area contributed by atoms with Crippen LogP contribution in [0.25, 0.3) is 0 Å². The smallest absolute Gasteiger partial charge is 0.233 e. The van der Waals surface area contributed by atoms with Gasteiger partial charge in [-0.3, -0.25) is 19.3 Å². The average Bonchev–Trinajstić information content (AvgIpc) is 2.97. The van der Waals surface area contributed by atoms with Gasteiger partial charge in [0.1, 0.15) is 6.54 Å². The van der Waals surface area contributed by atoms with E-state index < -0.39 is 0 Å². The van der Waals surface area contributed by atoms with E-state index >= 15 is 0 Å². The van der Waals surface area contributed by atoms with Crippen molar-refractivity contribution in [3.05, 3.63) is 34.9 Å². The second-order valence-electron chi connectivity index (χ2n) is 8.51. The number of nitrogens with zero attached hydrogens (tertiary/aromatic N) is 2. The maximum absolute atomic E-state index is 12.6. The molecule has 3 amide bonds. The maximum atomic E-state index is 12.6. The number of quaternary nitrogens is 1. The molecule has 1 aromatic carbocycles. The van der Waals surface area contributed by atoms with Gasteiger partial charge in [-0.25, -0.2) is 0 Å².